The summed E-state index contributed by atoms with van der Waals surface area (Å²) in [6, 6.07) is 18.5. The fraction of sp³-hybridized carbons (Fsp3) is 0.0588. The lowest BCUT2D eigenvalue weighted by Gasteiger charge is -2.07. The van der Waals surface area contributed by atoms with Gasteiger partial charge in [0.2, 0.25) is 5.76 Å². The number of hydrogen-bond acceptors (Lipinski definition) is 4. The van der Waals surface area contributed by atoms with Crippen LogP contribution >= 0.6 is 0 Å². The molecule has 1 aromatic heterocycles. The van der Waals surface area contributed by atoms with Gasteiger partial charge in [-0.3, -0.25) is 0 Å². The maximum absolute atomic E-state index is 10.8. The van der Waals surface area contributed by atoms with E-state index in [1.165, 1.54) is 6.07 Å². The van der Waals surface area contributed by atoms with E-state index >= 15 is 0 Å². The van der Waals surface area contributed by atoms with Crippen LogP contribution in [0.4, 0.5) is 0 Å². The quantitative estimate of drug-likeness (QED) is 0.778. The van der Waals surface area contributed by atoms with Gasteiger partial charge in [0, 0.05) is 11.6 Å². The van der Waals surface area contributed by atoms with Crippen LogP contribution in [0.2, 0.25) is 0 Å². The molecule has 0 aliphatic carbocycles. The molecule has 0 aliphatic rings. The van der Waals surface area contributed by atoms with Crippen LogP contribution in [-0.4, -0.2) is 16.2 Å². The van der Waals surface area contributed by atoms with Gasteiger partial charge in [-0.2, -0.15) is 0 Å². The summed E-state index contributed by atoms with van der Waals surface area (Å²) in [5.41, 5.74) is 2.27. The van der Waals surface area contributed by atoms with Gasteiger partial charge < -0.3 is 14.4 Å². The first-order valence-electron chi connectivity index (χ1n) is 6.69. The summed E-state index contributed by atoms with van der Waals surface area (Å²) in [4.78, 5) is 10.8. The molecule has 0 saturated carbocycles. The molecule has 22 heavy (non-hydrogen) atoms. The predicted octanol–water partition coefficient (Wildman–Crippen LogP) is 3.62. The van der Waals surface area contributed by atoms with Crippen LogP contribution in [0.3, 0.4) is 0 Å². The van der Waals surface area contributed by atoms with Gasteiger partial charge >= 0.3 is 5.97 Å². The molecule has 0 spiro atoms. The third kappa shape index (κ3) is 3.15. The van der Waals surface area contributed by atoms with E-state index in [-0.39, 0.29) is 5.76 Å². The second-order valence-electron chi connectivity index (χ2n) is 4.68. The standard InChI is InChI=1S/C17H13NO4/c19-17(20)16-10-15(18-22-16)13-7-4-8-14(9-13)21-11-12-5-2-1-3-6-12/h1-10H,11H2,(H,19,20). The minimum atomic E-state index is -1.14. The van der Waals surface area contributed by atoms with Crippen LogP contribution < -0.4 is 4.74 Å². The smallest absolute Gasteiger partial charge is 0.374 e. The number of aromatic nitrogens is 1. The van der Waals surface area contributed by atoms with E-state index in [9.17, 15) is 4.79 Å². The zero-order chi connectivity index (χ0) is 15.4. The van der Waals surface area contributed by atoms with Crippen molar-refractivity contribution in [2.75, 3.05) is 0 Å². The molecule has 0 fully saturated rings. The van der Waals surface area contributed by atoms with E-state index in [1.807, 2.05) is 48.5 Å². The Hall–Kier alpha value is -3.08. The Morgan fingerprint density at radius 3 is 2.64 bits per heavy atom. The number of benzene rings is 2. The van der Waals surface area contributed by atoms with E-state index < -0.39 is 5.97 Å². The van der Waals surface area contributed by atoms with E-state index in [1.54, 1.807) is 6.07 Å². The normalized spacial score (nSPS) is 10.4. The largest absolute Gasteiger partial charge is 0.489 e. The molecule has 3 rings (SSSR count). The Morgan fingerprint density at radius 2 is 1.91 bits per heavy atom. The van der Waals surface area contributed by atoms with Crippen molar-refractivity contribution in [3.05, 3.63) is 72.0 Å². The molecule has 1 N–H and O–H groups in total. The summed E-state index contributed by atoms with van der Waals surface area (Å²) in [7, 11) is 0. The topological polar surface area (TPSA) is 72.6 Å². The number of nitrogens with zero attached hydrogens (tertiary/aromatic N) is 1. The summed E-state index contributed by atoms with van der Waals surface area (Å²) in [5.74, 6) is -0.651. The molecule has 0 radical (unpaired) electrons. The molecular weight excluding hydrogens is 282 g/mol. The second kappa shape index (κ2) is 6.13. The third-order valence-electron chi connectivity index (χ3n) is 3.10. The van der Waals surface area contributed by atoms with E-state index in [0.29, 0.717) is 18.1 Å². The van der Waals surface area contributed by atoms with Crippen molar-refractivity contribution in [2.24, 2.45) is 0 Å². The van der Waals surface area contributed by atoms with Crippen LogP contribution in [0.5, 0.6) is 5.75 Å². The summed E-state index contributed by atoms with van der Waals surface area (Å²) in [6.45, 7) is 0.462. The average Bonchev–Trinajstić information content (AvgIpc) is 3.05. The van der Waals surface area contributed by atoms with Gasteiger partial charge in [0.1, 0.15) is 18.1 Å². The van der Waals surface area contributed by atoms with Crippen LogP contribution in [0.1, 0.15) is 16.1 Å². The maximum Gasteiger partial charge on any atom is 0.374 e. The number of carboxylic acids is 1. The van der Waals surface area contributed by atoms with Crippen molar-refractivity contribution < 1.29 is 19.2 Å². The van der Waals surface area contributed by atoms with Gasteiger partial charge in [0.15, 0.2) is 0 Å². The number of rotatable bonds is 5. The Bertz CT molecular complexity index is 780. The molecule has 0 saturated heterocycles. The molecule has 2 aromatic carbocycles. The fourth-order valence-corrected chi connectivity index (χ4v) is 2.00. The third-order valence-corrected chi connectivity index (χ3v) is 3.10. The molecular formula is C17H13NO4. The van der Waals surface area contributed by atoms with E-state index in [4.69, 9.17) is 14.4 Å². The van der Waals surface area contributed by atoms with Crippen molar-refractivity contribution in [2.45, 2.75) is 6.61 Å². The second-order valence-corrected chi connectivity index (χ2v) is 4.68. The minimum Gasteiger partial charge on any atom is -0.489 e. The lowest BCUT2D eigenvalue weighted by molar-refractivity contribution is 0.0652. The molecule has 0 amide bonds. The molecule has 0 atom stereocenters. The molecule has 0 bridgehead atoms. The van der Waals surface area contributed by atoms with Gasteiger partial charge in [-0.25, -0.2) is 4.79 Å². The number of carboxylic acid groups (broad SMARTS) is 1. The van der Waals surface area contributed by atoms with Crippen LogP contribution in [0.15, 0.2) is 65.2 Å². The molecule has 0 unspecified atom stereocenters. The van der Waals surface area contributed by atoms with Crippen molar-refractivity contribution in [1.82, 2.24) is 5.16 Å². The van der Waals surface area contributed by atoms with Gasteiger partial charge in [-0.15, -0.1) is 0 Å². The zero-order valence-electron chi connectivity index (χ0n) is 11.6. The van der Waals surface area contributed by atoms with Crippen LogP contribution in [0.25, 0.3) is 11.3 Å². The zero-order valence-corrected chi connectivity index (χ0v) is 11.6. The number of hydrogen-bond donors (Lipinski definition) is 1. The van der Waals surface area contributed by atoms with Gasteiger partial charge in [-0.1, -0.05) is 47.6 Å². The molecule has 5 heteroatoms. The number of aromatic carboxylic acids is 1. The Labute approximate surface area is 126 Å². The Morgan fingerprint density at radius 1 is 1.09 bits per heavy atom. The van der Waals surface area contributed by atoms with Crippen molar-refractivity contribution >= 4 is 5.97 Å². The van der Waals surface area contributed by atoms with E-state index in [0.717, 1.165) is 11.1 Å². The van der Waals surface area contributed by atoms with Gasteiger partial charge in [0.05, 0.1) is 0 Å². The molecule has 0 aliphatic heterocycles. The Balaban J connectivity index is 1.75. The summed E-state index contributed by atoms with van der Waals surface area (Å²) in [6.07, 6.45) is 0. The van der Waals surface area contributed by atoms with Gasteiger partial charge in [0.25, 0.3) is 0 Å². The van der Waals surface area contributed by atoms with Crippen molar-refractivity contribution in [1.29, 1.82) is 0 Å². The monoisotopic (exact) mass is 295 g/mol. The van der Waals surface area contributed by atoms with Crippen molar-refractivity contribution in [3.8, 4) is 17.0 Å². The lowest BCUT2D eigenvalue weighted by atomic mass is 10.1. The SMILES string of the molecule is O=C(O)c1cc(-c2cccc(OCc3ccccc3)c2)no1. The molecule has 1 heterocycles. The molecule has 5 nitrogen and oxygen atoms in total. The Kier molecular flexibility index (Phi) is 3.87. The first kappa shape index (κ1) is 13.9. The first-order chi connectivity index (χ1) is 10.7. The highest BCUT2D eigenvalue weighted by Crippen LogP contribution is 2.24. The summed E-state index contributed by atoms with van der Waals surface area (Å²) in [5, 5.41) is 12.6. The number of carbonyl (C=O) groups is 1. The van der Waals surface area contributed by atoms with Gasteiger partial charge in [-0.05, 0) is 17.7 Å². The maximum atomic E-state index is 10.8. The lowest BCUT2D eigenvalue weighted by Crippen LogP contribution is -1.95. The highest BCUT2D eigenvalue weighted by molar-refractivity contribution is 5.85. The van der Waals surface area contributed by atoms with Crippen LogP contribution in [0, 0.1) is 0 Å². The highest BCUT2D eigenvalue weighted by atomic mass is 16.5. The van der Waals surface area contributed by atoms with Crippen molar-refractivity contribution in [3.63, 3.8) is 0 Å². The molecule has 110 valence electrons. The molecule has 3 aromatic rings. The first-order valence-corrected chi connectivity index (χ1v) is 6.69. The average molecular weight is 295 g/mol. The predicted molar refractivity (Wildman–Crippen MR) is 79.7 cm³/mol. The highest BCUT2D eigenvalue weighted by Gasteiger charge is 2.12. The number of ether oxygens (including phenoxy) is 1. The summed E-state index contributed by atoms with van der Waals surface area (Å²) >= 11 is 0. The fourth-order valence-electron chi connectivity index (χ4n) is 2.00. The van der Waals surface area contributed by atoms with E-state index in [2.05, 4.69) is 5.16 Å². The summed E-state index contributed by atoms with van der Waals surface area (Å²) < 4.78 is 10.5. The van der Waals surface area contributed by atoms with Crippen LogP contribution in [-0.2, 0) is 6.61 Å². The minimum absolute atomic E-state index is 0.189.